The second-order valence-corrected chi connectivity index (χ2v) is 5.30. The van der Waals surface area contributed by atoms with Crippen molar-refractivity contribution in [3.05, 3.63) is 24.3 Å². The number of ether oxygens (including phenoxy) is 2. The molecule has 2 heterocycles. The molecule has 0 saturated carbocycles. The van der Waals surface area contributed by atoms with Gasteiger partial charge in [-0.25, -0.2) is 0 Å². The van der Waals surface area contributed by atoms with Gasteiger partial charge in [-0.3, -0.25) is 4.79 Å². The molecular weight excluding hydrogens is 292 g/mol. The highest BCUT2D eigenvalue weighted by molar-refractivity contribution is 5.85. The van der Waals surface area contributed by atoms with E-state index in [1.807, 2.05) is 24.3 Å². The minimum atomic E-state index is -0.120. The van der Waals surface area contributed by atoms with E-state index in [1.165, 1.54) is 0 Å². The van der Waals surface area contributed by atoms with Crippen LogP contribution in [0.2, 0.25) is 0 Å². The fourth-order valence-electron chi connectivity index (χ4n) is 2.62. The number of hydrogen-bond donors (Lipinski definition) is 2. The molecule has 1 aromatic rings. The lowest BCUT2D eigenvalue weighted by atomic mass is 10.1. The number of benzene rings is 1. The molecule has 0 spiro atoms. The van der Waals surface area contributed by atoms with Crippen LogP contribution in [0.3, 0.4) is 0 Å². The Morgan fingerprint density at radius 1 is 1.33 bits per heavy atom. The van der Waals surface area contributed by atoms with E-state index in [2.05, 4.69) is 10.6 Å². The van der Waals surface area contributed by atoms with Crippen LogP contribution >= 0.6 is 12.4 Å². The number of rotatable bonds is 4. The van der Waals surface area contributed by atoms with Gasteiger partial charge in [0.05, 0.1) is 6.54 Å². The van der Waals surface area contributed by atoms with Gasteiger partial charge in [0.2, 0.25) is 5.91 Å². The first-order valence-electron chi connectivity index (χ1n) is 7.20. The highest BCUT2D eigenvalue weighted by Gasteiger charge is 2.22. The van der Waals surface area contributed by atoms with E-state index in [0.29, 0.717) is 25.6 Å². The Balaban J connectivity index is 0.00000161. The first-order valence-corrected chi connectivity index (χ1v) is 7.20. The molecule has 0 aromatic heterocycles. The van der Waals surface area contributed by atoms with Crippen LogP contribution in [0.5, 0.6) is 11.5 Å². The number of carbonyl (C=O) groups excluding carboxylic acids is 1. The number of para-hydroxylation sites is 2. The number of amides is 1. The summed E-state index contributed by atoms with van der Waals surface area (Å²) in [7, 11) is 0. The first kappa shape index (κ1) is 15.9. The van der Waals surface area contributed by atoms with Crippen molar-refractivity contribution in [2.75, 3.05) is 19.7 Å². The summed E-state index contributed by atoms with van der Waals surface area (Å²) in [5, 5.41) is 6.25. The lowest BCUT2D eigenvalue weighted by molar-refractivity contribution is -0.122. The SMILES string of the molecule is Cl.O=C(CC1CCCN1)NCC1COc2ccccc2O1. The van der Waals surface area contributed by atoms with Crippen molar-refractivity contribution in [2.45, 2.75) is 31.4 Å². The molecule has 0 radical (unpaired) electrons. The molecule has 3 rings (SSSR count). The van der Waals surface area contributed by atoms with Crippen LogP contribution in [0.15, 0.2) is 24.3 Å². The highest BCUT2D eigenvalue weighted by Crippen LogP contribution is 2.30. The lowest BCUT2D eigenvalue weighted by Crippen LogP contribution is -2.42. The molecule has 1 aromatic carbocycles. The maximum Gasteiger partial charge on any atom is 0.221 e. The Kier molecular flexibility index (Phi) is 5.70. The van der Waals surface area contributed by atoms with Crippen molar-refractivity contribution in [1.82, 2.24) is 10.6 Å². The zero-order valence-corrected chi connectivity index (χ0v) is 12.7. The zero-order chi connectivity index (χ0) is 13.8. The van der Waals surface area contributed by atoms with Crippen LogP contribution in [-0.2, 0) is 4.79 Å². The van der Waals surface area contributed by atoms with Crippen LogP contribution in [0.25, 0.3) is 0 Å². The van der Waals surface area contributed by atoms with Crippen LogP contribution < -0.4 is 20.1 Å². The molecule has 1 fully saturated rings. The third-order valence-corrected chi connectivity index (χ3v) is 3.69. The fourth-order valence-corrected chi connectivity index (χ4v) is 2.62. The molecule has 21 heavy (non-hydrogen) atoms. The van der Waals surface area contributed by atoms with Crippen molar-refractivity contribution in [2.24, 2.45) is 0 Å². The third kappa shape index (κ3) is 4.25. The van der Waals surface area contributed by atoms with Gasteiger partial charge in [-0.2, -0.15) is 0 Å². The quantitative estimate of drug-likeness (QED) is 0.885. The summed E-state index contributed by atoms with van der Waals surface area (Å²) >= 11 is 0. The van der Waals surface area contributed by atoms with E-state index in [-0.39, 0.29) is 24.4 Å². The van der Waals surface area contributed by atoms with Gasteiger partial charge in [0.25, 0.3) is 0 Å². The van der Waals surface area contributed by atoms with Crippen molar-refractivity contribution in [1.29, 1.82) is 0 Å². The number of nitrogens with one attached hydrogen (secondary N) is 2. The summed E-state index contributed by atoms with van der Waals surface area (Å²) in [5.41, 5.74) is 0. The largest absolute Gasteiger partial charge is 0.486 e. The second-order valence-electron chi connectivity index (χ2n) is 5.30. The number of carbonyl (C=O) groups is 1. The molecule has 0 bridgehead atoms. The molecule has 1 amide bonds. The van der Waals surface area contributed by atoms with E-state index in [0.717, 1.165) is 30.9 Å². The van der Waals surface area contributed by atoms with Gasteiger partial charge in [0.1, 0.15) is 12.7 Å². The zero-order valence-electron chi connectivity index (χ0n) is 11.8. The summed E-state index contributed by atoms with van der Waals surface area (Å²) in [5.74, 6) is 1.59. The van der Waals surface area contributed by atoms with Gasteiger partial charge in [-0.15, -0.1) is 12.4 Å². The van der Waals surface area contributed by atoms with Crippen LogP contribution in [0.1, 0.15) is 19.3 Å². The van der Waals surface area contributed by atoms with E-state index in [9.17, 15) is 4.79 Å². The predicted molar refractivity (Wildman–Crippen MR) is 82.3 cm³/mol. The van der Waals surface area contributed by atoms with Crippen molar-refractivity contribution in [3.8, 4) is 11.5 Å². The van der Waals surface area contributed by atoms with Crippen LogP contribution in [-0.4, -0.2) is 37.7 Å². The monoisotopic (exact) mass is 312 g/mol. The molecule has 2 N–H and O–H groups in total. The van der Waals surface area contributed by atoms with E-state index >= 15 is 0 Å². The number of halogens is 1. The fraction of sp³-hybridized carbons (Fsp3) is 0.533. The summed E-state index contributed by atoms with van der Waals surface area (Å²) in [6, 6.07) is 7.93. The Bertz CT molecular complexity index is 478. The molecule has 6 heteroatoms. The molecule has 2 aliphatic heterocycles. The van der Waals surface area contributed by atoms with Crippen molar-refractivity contribution < 1.29 is 14.3 Å². The smallest absolute Gasteiger partial charge is 0.221 e. The maximum atomic E-state index is 11.8. The first-order chi connectivity index (χ1) is 9.81. The molecule has 0 aliphatic carbocycles. The van der Waals surface area contributed by atoms with Gasteiger partial charge < -0.3 is 20.1 Å². The molecule has 116 valence electrons. The highest BCUT2D eigenvalue weighted by atomic mass is 35.5. The standard InChI is InChI=1S/C15H20N2O3.ClH/c18-15(8-11-4-3-7-16-11)17-9-12-10-19-13-5-1-2-6-14(13)20-12;/h1-2,5-6,11-12,16H,3-4,7-10H2,(H,17,18);1H. The molecule has 2 unspecified atom stereocenters. The van der Waals surface area contributed by atoms with Gasteiger partial charge in [0.15, 0.2) is 11.5 Å². The van der Waals surface area contributed by atoms with Gasteiger partial charge in [-0.05, 0) is 31.5 Å². The molecule has 5 nitrogen and oxygen atoms in total. The Hall–Kier alpha value is -1.46. The van der Waals surface area contributed by atoms with Crippen molar-refractivity contribution >= 4 is 18.3 Å². The minimum absolute atomic E-state index is 0. The number of fused-ring (bicyclic) bond motifs is 1. The Morgan fingerprint density at radius 2 is 2.14 bits per heavy atom. The summed E-state index contributed by atoms with van der Waals surface area (Å²) in [6.07, 6.45) is 2.67. The molecule has 2 aliphatic rings. The van der Waals surface area contributed by atoms with Gasteiger partial charge >= 0.3 is 0 Å². The third-order valence-electron chi connectivity index (χ3n) is 3.69. The average molecular weight is 313 g/mol. The number of hydrogen-bond acceptors (Lipinski definition) is 4. The van der Waals surface area contributed by atoms with Gasteiger partial charge in [-0.1, -0.05) is 12.1 Å². The predicted octanol–water partition coefficient (Wildman–Crippen LogP) is 1.51. The normalized spacial score (nSPS) is 23.2. The Morgan fingerprint density at radius 3 is 2.90 bits per heavy atom. The minimum Gasteiger partial charge on any atom is -0.486 e. The van der Waals surface area contributed by atoms with Crippen LogP contribution in [0, 0.1) is 0 Å². The maximum absolute atomic E-state index is 11.8. The van der Waals surface area contributed by atoms with Crippen LogP contribution in [0.4, 0.5) is 0 Å². The molecule has 2 atom stereocenters. The Labute approximate surface area is 130 Å². The average Bonchev–Trinajstić information content (AvgIpc) is 2.98. The molecule has 1 saturated heterocycles. The van der Waals surface area contributed by atoms with Crippen molar-refractivity contribution in [3.63, 3.8) is 0 Å². The second kappa shape index (κ2) is 7.52. The lowest BCUT2D eigenvalue weighted by Gasteiger charge is -2.26. The van der Waals surface area contributed by atoms with E-state index < -0.39 is 0 Å². The summed E-state index contributed by atoms with van der Waals surface area (Å²) in [4.78, 5) is 11.8. The van der Waals surface area contributed by atoms with Gasteiger partial charge in [0, 0.05) is 12.5 Å². The topological polar surface area (TPSA) is 59.6 Å². The summed E-state index contributed by atoms with van der Waals surface area (Å²) < 4.78 is 11.4. The molecular formula is C15H21ClN2O3. The van der Waals surface area contributed by atoms with E-state index in [4.69, 9.17) is 9.47 Å². The summed E-state index contributed by atoms with van der Waals surface area (Å²) in [6.45, 7) is 1.98. The van der Waals surface area contributed by atoms with E-state index in [1.54, 1.807) is 0 Å².